The van der Waals surface area contributed by atoms with Crippen LogP contribution in [-0.4, -0.2) is 34.2 Å². The first-order valence-electron chi connectivity index (χ1n) is 13.3. The standard InChI is InChI=1S/C30H30N4O5S2/c1-6-9-22-25(28(36)38-7-2)26(19-10-8-11-20(15-19)37-5)34-27(35)23(40-30(34)33-22)16-21-12-13-24(39-21)41-29-31-17(3)14-18(4)32-29/h8,10-16,26H,6-7,9H2,1-5H3/b23-16+/t26-/m0/s1. The van der Waals surface area contributed by atoms with Gasteiger partial charge in [-0.1, -0.05) is 36.8 Å². The van der Waals surface area contributed by atoms with E-state index in [4.69, 9.17) is 18.9 Å². The van der Waals surface area contributed by atoms with Crippen molar-refractivity contribution in [2.24, 2.45) is 4.99 Å². The molecule has 1 atom stereocenters. The fraction of sp³-hybridized carbons (Fsp3) is 0.300. The number of fused-ring (bicyclic) bond motifs is 1. The molecule has 11 heteroatoms. The minimum absolute atomic E-state index is 0.211. The van der Waals surface area contributed by atoms with Gasteiger partial charge in [-0.15, -0.1) is 0 Å². The predicted octanol–water partition coefficient (Wildman–Crippen LogP) is 4.74. The van der Waals surface area contributed by atoms with Crippen LogP contribution in [0.1, 0.15) is 55.4 Å². The van der Waals surface area contributed by atoms with E-state index in [0.29, 0.717) is 48.8 Å². The summed E-state index contributed by atoms with van der Waals surface area (Å²) in [4.78, 5) is 41.5. The fourth-order valence-electron chi connectivity index (χ4n) is 4.67. The minimum atomic E-state index is -0.714. The van der Waals surface area contributed by atoms with Gasteiger partial charge in [0.1, 0.15) is 11.5 Å². The molecule has 0 radical (unpaired) electrons. The second-order valence-corrected chi connectivity index (χ2v) is 11.4. The van der Waals surface area contributed by atoms with Crippen molar-refractivity contribution in [3.63, 3.8) is 0 Å². The molecule has 4 heterocycles. The van der Waals surface area contributed by atoms with Gasteiger partial charge in [-0.05, 0) is 74.8 Å². The van der Waals surface area contributed by atoms with Crippen LogP contribution in [0.15, 0.2) is 78.2 Å². The van der Waals surface area contributed by atoms with Crippen molar-refractivity contribution in [3.05, 3.63) is 96.1 Å². The number of hydrogen-bond acceptors (Lipinski definition) is 10. The maximum absolute atomic E-state index is 13.9. The maximum atomic E-state index is 13.9. The number of furan rings is 1. The fourth-order valence-corrected chi connectivity index (χ4v) is 6.51. The number of benzene rings is 1. The lowest BCUT2D eigenvalue weighted by Gasteiger charge is -2.26. The number of rotatable bonds is 9. The highest BCUT2D eigenvalue weighted by Gasteiger charge is 2.34. The number of nitrogens with zero attached hydrogens (tertiary/aromatic N) is 4. The smallest absolute Gasteiger partial charge is 0.338 e. The van der Waals surface area contributed by atoms with Gasteiger partial charge in [-0.2, -0.15) is 0 Å². The summed E-state index contributed by atoms with van der Waals surface area (Å²) in [5.41, 5.74) is 3.20. The zero-order valence-corrected chi connectivity index (χ0v) is 25.1. The van der Waals surface area contributed by atoms with Crippen LogP contribution in [0.4, 0.5) is 0 Å². The number of carbonyl (C=O) groups excluding carboxylic acids is 1. The Balaban J connectivity index is 1.61. The van der Waals surface area contributed by atoms with E-state index >= 15 is 0 Å². The van der Waals surface area contributed by atoms with Gasteiger partial charge in [0.15, 0.2) is 15.1 Å². The van der Waals surface area contributed by atoms with Crippen molar-refractivity contribution >= 4 is 35.1 Å². The van der Waals surface area contributed by atoms with Crippen LogP contribution in [0.3, 0.4) is 0 Å². The Morgan fingerprint density at radius 1 is 1.15 bits per heavy atom. The van der Waals surface area contributed by atoms with Gasteiger partial charge in [-0.3, -0.25) is 9.36 Å². The first-order valence-corrected chi connectivity index (χ1v) is 14.9. The quantitative estimate of drug-likeness (QED) is 0.203. The van der Waals surface area contributed by atoms with E-state index in [0.717, 1.165) is 23.4 Å². The molecule has 0 saturated carbocycles. The van der Waals surface area contributed by atoms with Crippen LogP contribution in [0, 0.1) is 13.8 Å². The molecule has 1 aliphatic rings. The van der Waals surface area contributed by atoms with Gasteiger partial charge in [0, 0.05) is 17.5 Å². The number of allylic oxidation sites excluding steroid dienone is 1. The number of aromatic nitrogens is 3. The van der Waals surface area contributed by atoms with Crippen molar-refractivity contribution in [1.82, 2.24) is 14.5 Å². The second kappa shape index (κ2) is 12.3. The predicted molar refractivity (Wildman–Crippen MR) is 157 cm³/mol. The Bertz CT molecular complexity index is 1800. The highest BCUT2D eigenvalue weighted by molar-refractivity contribution is 7.99. The van der Waals surface area contributed by atoms with Crippen molar-refractivity contribution in [2.75, 3.05) is 13.7 Å². The van der Waals surface area contributed by atoms with Gasteiger partial charge < -0.3 is 13.9 Å². The Labute approximate surface area is 245 Å². The Hall–Kier alpha value is -3.96. The molecule has 3 aromatic heterocycles. The van der Waals surface area contributed by atoms with Gasteiger partial charge in [0.05, 0.1) is 35.6 Å². The third-order valence-electron chi connectivity index (χ3n) is 6.33. The number of methoxy groups -OCH3 is 1. The molecule has 0 N–H and O–H groups in total. The molecule has 4 aromatic rings. The molecule has 0 amide bonds. The molecule has 0 saturated heterocycles. The van der Waals surface area contributed by atoms with Crippen LogP contribution in [0.2, 0.25) is 0 Å². The third kappa shape index (κ3) is 6.06. The molecule has 1 aliphatic heterocycles. The zero-order chi connectivity index (χ0) is 29.1. The Morgan fingerprint density at radius 2 is 1.93 bits per heavy atom. The summed E-state index contributed by atoms with van der Waals surface area (Å²) in [5, 5.41) is 1.20. The Morgan fingerprint density at radius 3 is 2.63 bits per heavy atom. The molecule has 0 fully saturated rings. The molecule has 212 valence electrons. The number of carbonyl (C=O) groups is 1. The summed E-state index contributed by atoms with van der Waals surface area (Å²) in [7, 11) is 1.58. The third-order valence-corrected chi connectivity index (χ3v) is 8.10. The molecule has 0 bridgehead atoms. The number of aryl methyl sites for hydroxylation is 2. The van der Waals surface area contributed by atoms with Crippen LogP contribution >= 0.6 is 23.1 Å². The zero-order valence-electron chi connectivity index (χ0n) is 23.5. The van der Waals surface area contributed by atoms with Gasteiger partial charge in [0.2, 0.25) is 0 Å². The monoisotopic (exact) mass is 590 g/mol. The van der Waals surface area contributed by atoms with Crippen molar-refractivity contribution < 1.29 is 18.7 Å². The van der Waals surface area contributed by atoms with E-state index in [1.54, 1.807) is 30.7 Å². The van der Waals surface area contributed by atoms with Crippen LogP contribution in [0.25, 0.3) is 6.08 Å². The normalized spacial score (nSPS) is 15.0. The summed E-state index contributed by atoms with van der Waals surface area (Å²) in [5.74, 6) is 0.650. The van der Waals surface area contributed by atoms with E-state index in [9.17, 15) is 9.59 Å². The Kier molecular flexibility index (Phi) is 8.55. The summed E-state index contributed by atoms with van der Waals surface area (Å²) in [6, 6.07) is 12.2. The molecular formula is C30H30N4O5S2. The summed E-state index contributed by atoms with van der Waals surface area (Å²) >= 11 is 2.57. The largest absolute Gasteiger partial charge is 0.497 e. The maximum Gasteiger partial charge on any atom is 0.338 e. The van der Waals surface area contributed by atoms with Gasteiger partial charge >= 0.3 is 5.97 Å². The summed E-state index contributed by atoms with van der Waals surface area (Å²) < 4.78 is 18.9. The highest BCUT2D eigenvalue weighted by Crippen LogP contribution is 2.34. The second-order valence-electron chi connectivity index (χ2n) is 9.38. The lowest BCUT2D eigenvalue weighted by molar-refractivity contribution is -0.139. The van der Waals surface area contributed by atoms with E-state index in [1.165, 1.54) is 23.1 Å². The van der Waals surface area contributed by atoms with Crippen molar-refractivity contribution in [1.29, 1.82) is 0 Å². The SMILES string of the molecule is CCCC1=C(C(=O)OCC)[C@H](c2cccc(OC)c2)n2c(s/c(=C/c3ccc(Sc4nc(C)cc(C)n4)o3)c2=O)=N1. The van der Waals surface area contributed by atoms with Crippen molar-refractivity contribution in [2.45, 2.75) is 56.8 Å². The average Bonchev–Trinajstić information content (AvgIpc) is 3.50. The average molecular weight is 591 g/mol. The first-order chi connectivity index (χ1) is 19.8. The van der Waals surface area contributed by atoms with Crippen LogP contribution < -0.4 is 19.6 Å². The van der Waals surface area contributed by atoms with Crippen molar-refractivity contribution in [3.8, 4) is 5.75 Å². The lowest BCUT2D eigenvalue weighted by Crippen LogP contribution is -2.40. The molecule has 0 aliphatic carbocycles. The molecular weight excluding hydrogens is 560 g/mol. The molecule has 1 aromatic carbocycles. The first kappa shape index (κ1) is 28.6. The number of thiazole rings is 1. The van der Waals surface area contributed by atoms with E-state index in [1.807, 2.05) is 57.2 Å². The number of ether oxygens (including phenoxy) is 2. The molecule has 41 heavy (non-hydrogen) atoms. The molecule has 9 nitrogen and oxygen atoms in total. The van der Waals surface area contributed by atoms with Gasteiger partial charge in [0.25, 0.3) is 5.56 Å². The molecule has 0 unspecified atom stereocenters. The summed E-state index contributed by atoms with van der Waals surface area (Å²) in [6.45, 7) is 7.84. The highest BCUT2D eigenvalue weighted by atomic mass is 32.2. The van der Waals surface area contributed by atoms with E-state index in [2.05, 4.69) is 9.97 Å². The van der Waals surface area contributed by atoms with Crippen LogP contribution in [-0.2, 0) is 9.53 Å². The summed E-state index contributed by atoms with van der Waals surface area (Å²) in [6.07, 6.45) is 3.05. The van der Waals surface area contributed by atoms with E-state index < -0.39 is 12.0 Å². The van der Waals surface area contributed by atoms with Crippen LogP contribution in [0.5, 0.6) is 5.75 Å². The van der Waals surface area contributed by atoms with Gasteiger partial charge in [-0.25, -0.2) is 19.8 Å². The molecule has 5 rings (SSSR count). The number of esters is 1. The van der Waals surface area contributed by atoms with E-state index in [-0.39, 0.29) is 12.2 Å². The topological polar surface area (TPSA) is 109 Å². The molecule has 0 spiro atoms. The minimum Gasteiger partial charge on any atom is -0.497 e. The lowest BCUT2D eigenvalue weighted by atomic mass is 9.94. The number of hydrogen-bond donors (Lipinski definition) is 0.